The van der Waals surface area contributed by atoms with Gasteiger partial charge in [-0.15, -0.1) is 0 Å². The quantitative estimate of drug-likeness (QED) is 0.815. The molecule has 0 bridgehead atoms. The molecule has 0 spiro atoms. The number of benzene rings is 1. The molecule has 0 radical (unpaired) electrons. The minimum absolute atomic E-state index is 0.113. The molecule has 1 heterocycles. The Balaban J connectivity index is 2.32. The summed E-state index contributed by atoms with van der Waals surface area (Å²) in [4.78, 5) is 1.74. The van der Waals surface area contributed by atoms with Gasteiger partial charge in [-0.25, -0.2) is 13.2 Å². The van der Waals surface area contributed by atoms with Crippen LogP contribution < -0.4 is 5.32 Å². The van der Waals surface area contributed by atoms with Gasteiger partial charge in [0.15, 0.2) is 11.6 Å². The van der Waals surface area contributed by atoms with E-state index in [0.29, 0.717) is 32.2 Å². The van der Waals surface area contributed by atoms with Crippen molar-refractivity contribution in [3.63, 3.8) is 0 Å². The SMILES string of the molecule is N#CC(c1cc(F)c(F)cc1F)N1CCNCC1. The molecule has 1 aromatic carbocycles. The summed E-state index contributed by atoms with van der Waals surface area (Å²) in [5.41, 5.74) is -0.113. The molecule has 96 valence electrons. The van der Waals surface area contributed by atoms with E-state index in [-0.39, 0.29) is 5.56 Å². The zero-order chi connectivity index (χ0) is 13.1. The molecule has 1 unspecified atom stereocenters. The highest BCUT2D eigenvalue weighted by Crippen LogP contribution is 2.25. The third-order valence-corrected chi connectivity index (χ3v) is 2.97. The van der Waals surface area contributed by atoms with Crippen LogP contribution in [0.4, 0.5) is 13.2 Å². The van der Waals surface area contributed by atoms with Crippen molar-refractivity contribution in [1.29, 1.82) is 5.26 Å². The molecule has 3 nitrogen and oxygen atoms in total. The first-order chi connectivity index (χ1) is 8.63. The van der Waals surface area contributed by atoms with Gasteiger partial charge in [0.1, 0.15) is 11.9 Å². The van der Waals surface area contributed by atoms with E-state index in [1.165, 1.54) is 0 Å². The van der Waals surface area contributed by atoms with Gasteiger partial charge in [0.05, 0.1) is 6.07 Å². The molecule has 1 aliphatic heterocycles. The second-order valence-corrected chi connectivity index (χ2v) is 4.11. The second-order valence-electron chi connectivity index (χ2n) is 4.11. The van der Waals surface area contributed by atoms with Crippen molar-refractivity contribution >= 4 is 0 Å². The molecule has 1 fully saturated rings. The molecular weight excluding hydrogens is 243 g/mol. The highest BCUT2D eigenvalue weighted by molar-refractivity contribution is 5.27. The molecule has 1 atom stereocenters. The summed E-state index contributed by atoms with van der Waals surface area (Å²) >= 11 is 0. The summed E-state index contributed by atoms with van der Waals surface area (Å²) < 4.78 is 39.6. The smallest absolute Gasteiger partial charge is 0.161 e. The van der Waals surface area contributed by atoms with E-state index >= 15 is 0 Å². The maximum atomic E-state index is 13.6. The van der Waals surface area contributed by atoms with Crippen LogP contribution in [0, 0.1) is 28.8 Å². The zero-order valence-electron chi connectivity index (χ0n) is 9.59. The van der Waals surface area contributed by atoms with Crippen molar-refractivity contribution in [2.45, 2.75) is 6.04 Å². The molecule has 1 aliphatic rings. The van der Waals surface area contributed by atoms with Crippen LogP contribution >= 0.6 is 0 Å². The Morgan fingerprint density at radius 1 is 1.11 bits per heavy atom. The molecule has 1 aromatic rings. The van der Waals surface area contributed by atoms with Gasteiger partial charge in [0, 0.05) is 37.8 Å². The van der Waals surface area contributed by atoms with Crippen molar-refractivity contribution in [2.75, 3.05) is 26.2 Å². The predicted molar refractivity (Wildman–Crippen MR) is 59.1 cm³/mol. The Morgan fingerprint density at radius 3 is 2.33 bits per heavy atom. The van der Waals surface area contributed by atoms with Crippen LogP contribution in [0.2, 0.25) is 0 Å². The lowest BCUT2D eigenvalue weighted by Crippen LogP contribution is -2.45. The lowest BCUT2D eigenvalue weighted by molar-refractivity contribution is 0.204. The molecule has 1 N–H and O–H groups in total. The van der Waals surface area contributed by atoms with Crippen LogP contribution in [0.15, 0.2) is 12.1 Å². The third kappa shape index (κ3) is 2.47. The maximum Gasteiger partial charge on any atom is 0.161 e. The minimum Gasteiger partial charge on any atom is -0.314 e. The van der Waals surface area contributed by atoms with Gasteiger partial charge in [-0.1, -0.05) is 0 Å². The zero-order valence-corrected chi connectivity index (χ0v) is 9.59. The lowest BCUT2D eigenvalue weighted by atomic mass is 10.0. The summed E-state index contributed by atoms with van der Waals surface area (Å²) in [6.07, 6.45) is 0. The largest absolute Gasteiger partial charge is 0.314 e. The van der Waals surface area contributed by atoms with E-state index in [9.17, 15) is 13.2 Å². The van der Waals surface area contributed by atoms with E-state index in [4.69, 9.17) is 5.26 Å². The topological polar surface area (TPSA) is 39.1 Å². The normalized spacial score (nSPS) is 18.3. The summed E-state index contributed by atoms with van der Waals surface area (Å²) in [5.74, 6) is -3.27. The average molecular weight is 255 g/mol. The van der Waals surface area contributed by atoms with Gasteiger partial charge < -0.3 is 5.32 Å². The third-order valence-electron chi connectivity index (χ3n) is 2.97. The highest BCUT2D eigenvalue weighted by Gasteiger charge is 2.25. The fourth-order valence-electron chi connectivity index (χ4n) is 2.04. The van der Waals surface area contributed by atoms with Crippen molar-refractivity contribution in [2.24, 2.45) is 0 Å². The lowest BCUT2D eigenvalue weighted by Gasteiger charge is -2.31. The van der Waals surface area contributed by atoms with Crippen LogP contribution in [0.3, 0.4) is 0 Å². The van der Waals surface area contributed by atoms with Crippen molar-refractivity contribution in [3.8, 4) is 6.07 Å². The highest BCUT2D eigenvalue weighted by atomic mass is 19.2. The molecule has 2 rings (SSSR count). The number of nitrogens with one attached hydrogen (secondary N) is 1. The molecule has 1 saturated heterocycles. The first kappa shape index (κ1) is 12.9. The number of nitrogens with zero attached hydrogens (tertiary/aromatic N) is 2. The molecule has 18 heavy (non-hydrogen) atoms. The monoisotopic (exact) mass is 255 g/mol. The van der Waals surface area contributed by atoms with E-state index < -0.39 is 23.5 Å². The first-order valence-electron chi connectivity index (χ1n) is 5.62. The number of rotatable bonds is 2. The number of hydrogen-bond acceptors (Lipinski definition) is 3. The summed E-state index contributed by atoms with van der Waals surface area (Å²) in [7, 11) is 0. The molecule has 0 amide bonds. The molecule has 0 saturated carbocycles. The Bertz CT molecular complexity index is 478. The van der Waals surface area contributed by atoms with Gasteiger partial charge in [-0.2, -0.15) is 5.26 Å². The molecule has 6 heteroatoms. The van der Waals surface area contributed by atoms with Crippen LogP contribution in [-0.2, 0) is 0 Å². The average Bonchev–Trinajstić information content (AvgIpc) is 2.38. The molecular formula is C12H12F3N3. The maximum absolute atomic E-state index is 13.6. The molecule has 0 aromatic heterocycles. The van der Waals surface area contributed by atoms with E-state index in [1.54, 1.807) is 4.90 Å². The fraction of sp³-hybridized carbons (Fsp3) is 0.417. The second kappa shape index (κ2) is 5.38. The van der Waals surface area contributed by atoms with Crippen molar-refractivity contribution in [3.05, 3.63) is 35.1 Å². The Morgan fingerprint density at radius 2 is 1.72 bits per heavy atom. The number of halogens is 3. The van der Waals surface area contributed by atoms with Crippen LogP contribution in [0.5, 0.6) is 0 Å². The van der Waals surface area contributed by atoms with Crippen LogP contribution in [-0.4, -0.2) is 31.1 Å². The first-order valence-corrected chi connectivity index (χ1v) is 5.62. The van der Waals surface area contributed by atoms with Crippen LogP contribution in [0.25, 0.3) is 0 Å². The van der Waals surface area contributed by atoms with Gasteiger partial charge >= 0.3 is 0 Å². The Labute approximate surface area is 103 Å². The fourth-order valence-corrected chi connectivity index (χ4v) is 2.04. The van der Waals surface area contributed by atoms with Gasteiger partial charge in [-0.05, 0) is 6.07 Å². The van der Waals surface area contributed by atoms with Gasteiger partial charge in [0.25, 0.3) is 0 Å². The van der Waals surface area contributed by atoms with Gasteiger partial charge in [-0.3, -0.25) is 4.90 Å². The Kier molecular flexibility index (Phi) is 3.84. The predicted octanol–water partition coefficient (Wildman–Crippen LogP) is 1.57. The standard InChI is InChI=1S/C12H12F3N3/c13-9-6-11(15)10(14)5-8(9)12(7-16)18-3-1-17-2-4-18/h5-6,12,17H,1-4H2. The number of hydrogen-bond donors (Lipinski definition) is 1. The van der Waals surface area contributed by atoms with E-state index in [0.717, 1.165) is 6.07 Å². The number of nitriles is 1. The summed E-state index contributed by atoms with van der Waals surface area (Å²) in [6.45, 7) is 2.50. The Hall–Kier alpha value is -1.58. The van der Waals surface area contributed by atoms with E-state index in [2.05, 4.69) is 5.32 Å². The number of piperazine rings is 1. The molecule has 0 aliphatic carbocycles. The summed E-state index contributed by atoms with van der Waals surface area (Å²) in [5, 5.41) is 12.2. The van der Waals surface area contributed by atoms with Crippen LogP contribution in [0.1, 0.15) is 11.6 Å². The van der Waals surface area contributed by atoms with Crippen molar-refractivity contribution < 1.29 is 13.2 Å². The van der Waals surface area contributed by atoms with Crippen molar-refractivity contribution in [1.82, 2.24) is 10.2 Å². The van der Waals surface area contributed by atoms with E-state index in [1.807, 2.05) is 6.07 Å². The summed E-state index contributed by atoms with van der Waals surface area (Å²) in [6, 6.07) is 2.31. The minimum atomic E-state index is -1.24. The van der Waals surface area contributed by atoms with Gasteiger partial charge in [0.2, 0.25) is 0 Å².